The van der Waals surface area contributed by atoms with Crippen LogP contribution < -0.4 is 14.8 Å². The van der Waals surface area contributed by atoms with Gasteiger partial charge in [0, 0.05) is 31.7 Å². The van der Waals surface area contributed by atoms with Gasteiger partial charge in [0.25, 0.3) is 0 Å². The Bertz CT molecular complexity index is 438. The molecule has 21 heavy (non-hydrogen) atoms. The van der Waals surface area contributed by atoms with Crippen molar-refractivity contribution in [2.75, 3.05) is 40.4 Å². The van der Waals surface area contributed by atoms with Crippen LogP contribution in [0.25, 0.3) is 0 Å². The molecule has 1 fully saturated rings. The van der Waals surface area contributed by atoms with E-state index >= 15 is 0 Å². The number of hydrogen-bond donors (Lipinski definition) is 1. The van der Waals surface area contributed by atoms with E-state index in [1.165, 1.54) is 0 Å². The summed E-state index contributed by atoms with van der Waals surface area (Å²) in [7, 11) is 3.38. The van der Waals surface area contributed by atoms with E-state index in [1.54, 1.807) is 14.2 Å². The summed E-state index contributed by atoms with van der Waals surface area (Å²) >= 11 is 0. The predicted molar refractivity (Wildman–Crippen MR) is 91.4 cm³/mol. The lowest BCUT2D eigenvalue weighted by Crippen LogP contribution is -2.44. The van der Waals surface area contributed by atoms with Crippen LogP contribution in [0, 0.1) is 0 Å². The van der Waals surface area contributed by atoms with Gasteiger partial charge in [-0.15, -0.1) is 31.4 Å². The van der Waals surface area contributed by atoms with Crippen molar-refractivity contribution in [1.29, 1.82) is 0 Å². The van der Waals surface area contributed by atoms with Crippen LogP contribution in [0.5, 0.6) is 11.5 Å². The third-order valence-corrected chi connectivity index (χ3v) is 3.52. The van der Waals surface area contributed by atoms with Gasteiger partial charge < -0.3 is 14.8 Å². The van der Waals surface area contributed by atoms with E-state index in [0.29, 0.717) is 0 Å². The summed E-state index contributed by atoms with van der Waals surface area (Å²) in [4.78, 5) is 2.40. The van der Waals surface area contributed by atoms with Crippen molar-refractivity contribution in [1.82, 2.24) is 10.2 Å². The summed E-state index contributed by atoms with van der Waals surface area (Å²) in [5.74, 6) is 1.72. The molecule has 1 aromatic carbocycles. The Balaban J connectivity index is 0.00000200. The molecule has 1 atom stereocenters. The molecule has 2 rings (SSSR count). The zero-order chi connectivity index (χ0) is 13.7. The van der Waals surface area contributed by atoms with Gasteiger partial charge >= 0.3 is 0 Å². The molecule has 1 aliphatic heterocycles. The van der Waals surface area contributed by atoms with E-state index in [4.69, 9.17) is 9.47 Å². The van der Waals surface area contributed by atoms with Crippen LogP contribution in [0.15, 0.2) is 30.9 Å². The molecule has 0 unspecified atom stereocenters. The number of rotatable bonds is 5. The third kappa shape index (κ3) is 4.78. The topological polar surface area (TPSA) is 33.7 Å². The number of benzene rings is 1. The smallest absolute Gasteiger partial charge is 0.124 e. The number of methoxy groups -OCH3 is 2. The summed E-state index contributed by atoms with van der Waals surface area (Å²) in [5, 5.41) is 3.36. The molecule has 1 aliphatic rings. The van der Waals surface area contributed by atoms with Crippen LogP contribution in [0.1, 0.15) is 11.6 Å². The number of piperazine rings is 1. The molecule has 0 spiro atoms. The van der Waals surface area contributed by atoms with Crippen molar-refractivity contribution < 1.29 is 9.47 Å². The van der Waals surface area contributed by atoms with E-state index in [0.717, 1.165) is 43.2 Å². The minimum atomic E-state index is 0. The average molecular weight is 335 g/mol. The van der Waals surface area contributed by atoms with E-state index in [2.05, 4.69) is 16.8 Å². The van der Waals surface area contributed by atoms with Crippen molar-refractivity contribution >= 4 is 24.8 Å². The lowest BCUT2D eigenvalue weighted by Gasteiger charge is -2.34. The number of hydrogen-bond acceptors (Lipinski definition) is 4. The Morgan fingerprint density at radius 3 is 2.38 bits per heavy atom. The van der Waals surface area contributed by atoms with Gasteiger partial charge in [-0.2, -0.15) is 0 Å². The SMILES string of the molecule is C=C[C@H](c1cc(OC)ccc1OC)N1CCNCC1.Cl.Cl. The van der Waals surface area contributed by atoms with Crippen LogP contribution in [0.2, 0.25) is 0 Å². The molecule has 0 aliphatic carbocycles. The van der Waals surface area contributed by atoms with E-state index in [9.17, 15) is 0 Å². The van der Waals surface area contributed by atoms with Gasteiger partial charge in [0.15, 0.2) is 0 Å². The first-order valence-electron chi connectivity index (χ1n) is 6.59. The Morgan fingerprint density at radius 2 is 1.86 bits per heavy atom. The Labute approximate surface area is 139 Å². The van der Waals surface area contributed by atoms with Crippen LogP contribution in [0.4, 0.5) is 0 Å². The largest absolute Gasteiger partial charge is 0.497 e. The number of nitrogens with one attached hydrogen (secondary N) is 1. The summed E-state index contributed by atoms with van der Waals surface area (Å²) in [6.45, 7) is 8.03. The van der Waals surface area contributed by atoms with Crippen LogP contribution >= 0.6 is 24.8 Å². The van der Waals surface area contributed by atoms with Gasteiger partial charge in [-0.05, 0) is 18.2 Å². The van der Waals surface area contributed by atoms with Crippen LogP contribution in [-0.4, -0.2) is 45.3 Å². The van der Waals surface area contributed by atoms with E-state index in [1.807, 2.05) is 24.3 Å². The average Bonchev–Trinajstić information content (AvgIpc) is 2.49. The van der Waals surface area contributed by atoms with Gasteiger partial charge in [-0.25, -0.2) is 0 Å². The van der Waals surface area contributed by atoms with Gasteiger partial charge in [0.05, 0.1) is 20.3 Å². The highest BCUT2D eigenvalue weighted by Crippen LogP contribution is 2.33. The van der Waals surface area contributed by atoms with Crippen LogP contribution in [0.3, 0.4) is 0 Å². The van der Waals surface area contributed by atoms with Crippen molar-refractivity contribution in [3.63, 3.8) is 0 Å². The summed E-state index contributed by atoms with van der Waals surface area (Å²) < 4.78 is 10.8. The normalized spacial score (nSPS) is 16.1. The first-order chi connectivity index (χ1) is 9.30. The molecule has 1 aromatic rings. The molecular weight excluding hydrogens is 311 g/mol. The maximum atomic E-state index is 5.47. The second kappa shape index (κ2) is 9.90. The molecule has 0 radical (unpaired) electrons. The lowest BCUT2D eigenvalue weighted by atomic mass is 10.0. The van der Waals surface area contributed by atoms with Gasteiger partial charge in [-0.3, -0.25) is 4.90 Å². The van der Waals surface area contributed by atoms with Crippen LogP contribution in [-0.2, 0) is 0 Å². The van der Waals surface area contributed by atoms with Crippen molar-refractivity contribution in [2.24, 2.45) is 0 Å². The minimum absolute atomic E-state index is 0. The van der Waals surface area contributed by atoms with E-state index in [-0.39, 0.29) is 30.9 Å². The number of nitrogens with zero attached hydrogens (tertiary/aromatic N) is 1. The lowest BCUT2D eigenvalue weighted by molar-refractivity contribution is 0.200. The molecule has 1 saturated heterocycles. The zero-order valence-corrected chi connectivity index (χ0v) is 14.1. The Kier molecular flexibility index (Phi) is 9.46. The summed E-state index contributed by atoms with van der Waals surface area (Å²) in [6, 6.07) is 6.06. The summed E-state index contributed by atoms with van der Waals surface area (Å²) in [6.07, 6.45) is 1.97. The highest BCUT2D eigenvalue weighted by Gasteiger charge is 2.22. The third-order valence-electron chi connectivity index (χ3n) is 3.52. The monoisotopic (exact) mass is 334 g/mol. The van der Waals surface area contributed by atoms with Gasteiger partial charge in [0.1, 0.15) is 11.5 Å². The zero-order valence-electron chi connectivity index (χ0n) is 12.5. The fourth-order valence-electron chi connectivity index (χ4n) is 2.50. The fourth-order valence-corrected chi connectivity index (χ4v) is 2.50. The van der Waals surface area contributed by atoms with Gasteiger partial charge in [-0.1, -0.05) is 6.08 Å². The maximum absolute atomic E-state index is 5.47. The molecule has 0 amide bonds. The van der Waals surface area contributed by atoms with Crippen molar-refractivity contribution in [3.8, 4) is 11.5 Å². The highest BCUT2D eigenvalue weighted by atomic mass is 35.5. The fraction of sp³-hybridized carbons (Fsp3) is 0.467. The van der Waals surface area contributed by atoms with Gasteiger partial charge in [0.2, 0.25) is 0 Å². The molecule has 4 nitrogen and oxygen atoms in total. The molecule has 120 valence electrons. The number of ether oxygens (including phenoxy) is 2. The molecule has 1 heterocycles. The number of halogens is 2. The Hall–Kier alpha value is -0.940. The predicted octanol–water partition coefficient (Wildman–Crippen LogP) is 2.68. The molecule has 0 aromatic heterocycles. The molecular formula is C15H24Cl2N2O2. The first kappa shape index (κ1) is 20.1. The second-order valence-electron chi connectivity index (χ2n) is 4.57. The molecule has 6 heteroatoms. The molecule has 0 saturated carbocycles. The minimum Gasteiger partial charge on any atom is -0.497 e. The molecule has 1 N–H and O–H groups in total. The van der Waals surface area contributed by atoms with Crippen molar-refractivity contribution in [3.05, 3.63) is 36.4 Å². The van der Waals surface area contributed by atoms with Crippen molar-refractivity contribution in [2.45, 2.75) is 6.04 Å². The first-order valence-corrected chi connectivity index (χ1v) is 6.59. The maximum Gasteiger partial charge on any atom is 0.124 e. The Morgan fingerprint density at radius 1 is 1.19 bits per heavy atom. The standard InChI is InChI=1S/C15H22N2O2.2ClH/c1-4-14(17-9-7-16-8-10-17)13-11-12(18-2)5-6-15(13)19-3;;/h4-6,11,14,16H,1,7-10H2,2-3H3;2*1H/t14-;;/m1../s1. The summed E-state index contributed by atoms with van der Waals surface area (Å²) in [5.41, 5.74) is 1.11. The quantitative estimate of drug-likeness (QED) is 0.839. The highest BCUT2D eigenvalue weighted by molar-refractivity contribution is 5.85. The second-order valence-corrected chi connectivity index (χ2v) is 4.57. The molecule has 0 bridgehead atoms. The van der Waals surface area contributed by atoms with E-state index < -0.39 is 0 Å².